The fourth-order valence-corrected chi connectivity index (χ4v) is 2.30. The van der Waals surface area contributed by atoms with Crippen LogP contribution < -0.4 is 5.32 Å². The number of rotatable bonds is 6. The quantitative estimate of drug-likeness (QED) is 0.749. The van der Waals surface area contributed by atoms with Gasteiger partial charge in [0.2, 0.25) is 0 Å². The van der Waals surface area contributed by atoms with Gasteiger partial charge in [-0.15, -0.1) is 0 Å². The average Bonchev–Trinajstić information content (AvgIpc) is 2.52. The van der Waals surface area contributed by atoms with Crippen LogP contribution in [0.5, 0.6) is 0 Å². The van der Waals surface area contributed by atoms with Crippen LogP contribution in [0.3, 0.4) is 0 Å². The molecule has 16 heavy (non-hydrogen) atoms. The van der Waals surface area contributed by atoms with Crippen LogP contribution in [-0.2, 0) is 4.74 Å². The van der Waals surface area contributed by atoms with E-state index in [1.165, 1.54) is 6.42 Å². The number of nitrogens with one attached hydrogen (secondary N) is 1. The summed E-state index contributed by atoms with van der Waals surface area (Å²) in [5, 5.41) is 3.74. The summed E-state index contributed by atoms with van der Waals surface area (Å²) < 4.78 is 5.54. The Bertz CT molecular complexity index is 186. The maximum Gasteiger partial charge on any atom is 0.0622 e. The van der Waals surface area contributed by atoms with Crippen LogP contribution >= 0.6 is 0 Å². The summed E-state index contributed by atoms with van der Waals surface area (Å²) in [7, 11) is 2.21. The Balaban J connectivity index is 2.37. The van der Waals surface area contributed by atoms with Crippen molar-refractivity contribution in [3.05, 3.63) is 0 Å². The molecule has 3 nitrogen and oxygen atoms in total. The Hall–Kier alpha value is -0.120. The lowest BCUT2D eigenvalue weighted by molar-refractivity contribution is 0.104. The molecule has 0 radical (unpaired) electrons. The fraction of sp³-hybridized carbons (Fsp3) is 1.00. The molecule has 0 bridgehead atoms. The zero-order valence-electron chi connectivity index (χ0n) is 11.5. The first-order valence-electron chi connectivity index (χ1n) is 6.58. The molecule has 0 aromatic rings. The van der Waals surface area contributed by atoms with Gasteiger partial charge in [-0.3, -0.25) is 0 Å². The lowest BCUT2D eigenvalue weighted by Gasteiger charge is -2.26. The van der Waals surface area contributed by atoms with Crippen molar-refractivity contribution in [2.75, 3.05) is 26.8 Å². The highest BCUT2D eigenvalue weighted by Crippen LogP contribution is 2.16. The van der Waals surface area contributed by atoms with E-state index < -0.39 is 0 Å². The molecular formula is C13H28N2O. The third-order valence-corrected chi connectivity index (χ3v) is 3.64. The Kier molecular flexibility index (Phi) is 5.73. The lowest BCUT2D eigenvalue weighted by atomic mass is 10.0. The van der Waals surface area contributed by atoms with Crippen molar-refractivity contribution in [3.63, 3.8) is 0 Å². The van der Waals surface area contributed by atoms with E-state index in [9.17, 15) is 0 Å². The van der Waals surface area contributed by atoms with Gasteiger partial charge in [-0.2, -0.15) is 0 Å². The van der Waals surface area contributed by atoms with Gasteiger partial charge in [-0.1, -0.05) is 13.8 Å². The first kappa shape index (κ1) is 13.9. The molecule has 0 aromatic heterocycles. The van der Waals surface area contributed by atoms with Crippen molar-refractivity contribution in [2.24, 2.45) is 5.92 Å². The van der Waals surface area contributed by atoms with Crippen LogP contribution in [0.1, 0.15) is 34.1 Å². The molecule has 3 unspecified atom stereocenters. The van der Waals surface area contributed by atoms with Crippen molar-refractivity contribution < 1.29 is 4.74 Å². The average molecular weight is 228 g/mol. The van der Waals surface area contributed by atoms with E-state index in [0.29, 0.717) is 24.0 Å². The summed E-state index contributed by atoms with van der Waals surface area (Å²) in [4.78, 5) is 2.43. The molecule has 0 spiro atoms. The van der Waals surface area contributed by atoms with Gasteiger partial charge in [0.05, 0.1) is 6.61 Å². The minimum atomic E-state index is 0.489. The van der Waals surface area contributed by atoms with E-state index in [1.807, 2.05) is 0 Å². The number of ether oxygens (including phenoxy) is 1. The number of likely N-dealkylation sites (tertiary alicyclic amines) is 1. The smallest absolute Gasteiger partial charge is 0.0622 e. The molecule has 0 amide bonds. The van der Waals surface area contributed by atoms with E-state index in [2.05, 4.69) is 45.0 Å². The molecular weight excluding hydrogens is 200 g/mol. The molecule has 3 atom stereocenters. The Morgan fingerprint density at radius 2 is 2.12 bits per heavy atom. The second kappa shape index (κ2) is 6.58. The minimum absolute atomic E-state index is 0.489. The Labute approximate surface area is 101 Å². The number of hydrogen-bond acceptors (Lipinski definition) is 3. The Morgan fingerprint density at radius 1 is 1.44 bits per heavy atom. The third kappa shape index (κ3) is 4.04. The van der Waals surface area contributed by atoms with Crippen molar-refractivity contribution in [1.29, 1.82) is 0 Å². The van der Waals surface area contributed by atoms with Crippen molar-refractivity contribution in [3.8, 4) is 0 Å². The van der Waals surface area contributed by atoms with Crippen molar-refractivity contribution in [1.82, 2.24) is 10.2 Å². The van der Waals surface area contributed by atoms with Crippen LogP contribution in [-0.4, -0.2) is 49.8 Å². The topological polar surface area (TPSA) is 24.5 Å². The van der Waals surface area contributed by atoms with E-state index >= 15 is 0 Å². The summed E-state index contributed by atoms with van der Waals surface area (Å²) >= 11 is 0. The summed E-state index contributed by atoms with van der Waals surface area (Å²) in [5.41, 5.74) is 0. The van der Waals surface area contributed by atoms with Crippen LogP contribution in [0.4, 0.5) is 0 Å². The maximum absolute atomic E-state index is 5.54. The van der Waals surface area contributed by atoms with E-state index in [4.69, 9.17) is 4.74 Å². The molecule has 1 rings (SSSR count). The van der Waals surface area contributed by atoms with E-state index in [1.54, 1.807) is 0 Å². The van der Waals surface area contributed by atoms with Crippen LogP contribution in [0, 0.1) is 5.92 Å². The van der Waals surface area contributed by atoms with Gasteiger partial charge in [-0.05, 0) is 33.2 Å². The molecule has 1 heterocycles. The van der Waals surface area contributed by atoms with Gasteiger partial charge in [0.25, 0.3) is 0 Å². The normalized spacial score (nSPS) is 28.9. The second-order valence-corrected chi connectivity index (χ2v) is 5.40. The molecule has 1 aliphatic heterocycles. The first-order valence-corrected chi connectivity index (χ1v) is 6.58. The van der Waals surface area contributed by atoms with Crippen LogP contribution in [0.2, 0.25) is 0 Å². The predicted octanol–water partition coefficient (Wildman–Crippen LogP) is 1.73. The maximum atomic E-state index is 5.54. The van der Waals surface area contributed by atoms with E-state index in [0.717, 1.165) is 19.8 Å². The molecule has 3 heteroatoms. The summed E-state index contributed by atoms with van der Waals surface area (Å²) in [5.74, 6) is 0.632. The lowest BCUT2D eigenvalue weighted by Crippen LogP contribution is -2.45. The molecule has 96 valence electrons. The standard InChI is InChI=1S/C13H28N2O/c1-6-16-9-13(10(2)3)14-12-7-11(4)15(5)8-12/h10-14H,6-9H2,1-5H3. The zero-order chi connectivity index (χ0) is 12.1. The number of likely N-dealkylation sites (N-methyl/N-ethyl adjacent to an activating group) is 1. The van der Waals surface area contributed by atoms with Gasteiger partial charge in [0.1, 0.15) is 0 Å². The third-order valence-electron chi connectivity index (χ3n) is 3.64. The SMILES string of the molecule is CCOCC(NC1CC(C)N(C)C1)C(C)C. The number of hydrogen-bond donors (Lipinski definition) is 1. The molecule has 0 aromatic carbocycles. The second-order valence-electron chi connectivity index (χ2n) is 5.40. The van der Waals surface area contributed by atoms with Crippen molar-refractivity contribution in [2.45, 2.75) is 52.2 Å². The van der Waals surface area contributed by atoms with E-state index in [-0.39, 0.29) is 0 Å². The largest absolute Gasteiger partial charge is 0.380 e. The number of nitrogens with zero attached hydrogens (tertiary/aromatic N) is 1. The summed E-state index contributed by atoms with van der Waals surface area (Å²) in [6, 6.07) is 1.83. The molecule has 0 aliphatic carbocycles. The van der Waals surface area contributed by atoms with Crippen molar-refractivity contribution >= 4 is 0 Å². The highest BCUT2D eigenvalue weighted by molar-refractivity contribution is 4.87. The van der Waals surface area contributed by atoms with Crippen LogP contribution in [0.25, 0.3) is 0 Å². The summed E-state index contributed by atoms with van der Waals surface area (Å²) in [6.45, 7) is 11.7. The molecule has 1 saturated heterocycles. The fourth-order valence-electron chi connectivity index (χ4n) is 2.30. The van der Waals surface area contributed by atoms with Crippen LogP contribution in [0.15, 0.2) is 0 Å². The highest BCUT2D eigenvalue weighted by atomic mass is 16.5. The zero-order valence-corrected chi connectivity index (χ0v) is 11.5. The molecule has 1 N–H and O–H groups in total. The first-order chi connectivity index (χ1) is 7.54. The van der Waals surface area contributed by atoms with Gasteiger partial charge < -0.3 is 15.0 Å². The Morgan fingerprint density at radius 3 is 2.56 bits per heavy atom. The van der Waals surface area contributed by atoms with Gasteiger partial charge in [0.15, 0.2) is 0 Å². The van der Waals surface area contributed by atoms with Gasteiger partial charge in [-0.25, -0.2) is 0 Å². The predicted molar refractivity (Wildman–Crippen MR) is 68.8 cm³/mol. The molecule has 0 saturated carbocycles. The van der Waals surface area contributed by atoms with Gasteiger partial charge in [0, 0.05) is 31.3 Å². The monoisotopic (exact) mass is 228 g/mol. The van der Waals surface area contributed by atoms with Gasteiger partial charge >= 0.3 is 0 Å². The molecule has 1 fully saturated rings. The highest BCUT2D eigenvalue weighted by Gasteiger charge is 2.28. The summed E-state index contributed by atoms with van der Waals surface area (Å²) in [6.07, 6.45) is 1.26. The molecule has 1 aliphatic rings. The minimum Gasteiger partial charge on any atom is -0.380 e.